The van der Waals surface area contributed by atoms with E-state index in [2.05, 4.69) is 31.2 Å². The molecule has 1 atom stereocenters. The molecule has 18 heavy (non-hydrogen) atoms. The van der Waals surface area contributed by atoms with Crippen LogP contribution in [0, 0.1) is 0 Å². The summed E-state index contributed by atoms with van der Waals surface area (Å²) in [6.45, 7) is 2.98. The van der Waals surface area contributed by atoms with Crippen molar-refractivity contribution < 1.29 is 4.74 Å². The van der Waals surface area contributed by atoms with Crippen LogP contribution in [0.5, 0.6) is 5.75 Å². The van der Waals surface area contributed by atoms with Gasteiger partial charge in [-0.05, 0) is 60.8 Å². The molecule has 0 radical (unpaired) electrons. The molecule has 1 unspecified atom stereocenters. The van der Waals surface area contributed by atoms with Crippen LogP contribution in [0.15, 0.2) is 36.4 Å². The molecule has 96 valence electrons. The second kappa shape index (κ2) is 6.03. The molecule has 2 nitrogen and oxygen atoms in total. The molecule has 1 aromatic carbocycles. The van der Waals surface area contributed by atoms with Crippen LogP contribution < -0.4 is 10.5 Å². The molecule has 1 aromatic heterocycles. The van der Waals surface area contributed by atoms with Gasteiger partial charge in [0.15, 0.2) is 0 Å². The molecule has 1 heterocycles. The third-order valence-electron chi connectivity index (χ3n) is 3.09. The van der Waals surface area contributed by atoms with Gasteiger partial charge in [-0.25, -0.2) is 0 Å². The lowest BCUT2D eigenvalue weighted by atomic mass is 10.1. The summed E-state index contributed by atoms with van der Waals surface area (Å²) in [6, 6.07) is 12.6. The highest BCUT2D eigenvalue weighted by molar-refractivity contribution is 7.15. The number of hydrogen-bond acceptors (Lipinski definition) is 3. The first-order valence-electron chi connectivity index (χ1n) is 6.19. The number of benzene rings is 1. The van der Waals surface area contributed by atoms with Crippen LogP contribution in [0.1, 0.15) is 24.1 Å². The van der Waals surface area contributed by atoms with Gasteiger partial charge in [0, 0.05) is 9.75 Å². The van der Waals surface area contributed by atoms with Crippen LogP contribution >= 0.6 is 11.3 Å². The molecule has 0 aliphatic carbocycles. The maximum atomic E-state index is 5.61. The van der Waals surface area contributed by atoms with Gasteiger partial charge in [-0.3, -0.25) is 0 Å². The molecule has 0 aliphatic heterocycles. The van der Waals surface area contributed by atoms with Crippen LogP contribution in [0.25, 0.3) is 10.4 Å². The average Bonchev–Trinajstić information content (AvgIpc) is 2.89. The summed E-state index contributed by atoms with van der Waals surface area (Å²) in [5.74, 6) is 1.44. The van der Waals surface area contributed by atoms with Gasteiger partial charge in [-0.2, -0.15) is 0 Å². The van der Waals surface area contributed by atoms with E-state index in [1.54, 1.807) is 7.11 Å². The zero-order chi connectivity index (χ0) is 13.0. The van der Waals surface area contributed by atoms with Gasteiger partial charge < -0.3 is 10.5 Å². The van der Waals surface area contributed by atoms with Crippen LogP contribution in [-0.2, 0) is 0 Å². The number of hydrogen-bond donors (Lipinski definition) is 1. The summed E-state index contributed by atoms with van der Waals surface area (Å²) >= 11 is 1.85. The lowest BCUT2D eigenvalue weighted by Crippen LogP contribution is -2.03. The Morgan fingerprint density at radius 1 is 1.17 bits per heavy atom. The summed E-state index contributed by atoms with van der Waals surface area (Å²) in [5.41, 5.74) is 6.85. The molecule has 0 saturated carbocycles. The maximum Gasteiger partial charge on any atom is 0.118 e. The smallest absolute Gasteiger partial charge is 0.118 e. The second-order valence-corrected chi connectivity index (χ2v) is 5.52. The largest absolute Gasteiger partial charge is 0.497 e. The highest BCUT2D eigenvalue weighted by Gasteiger charge is 2.09. The molecular weight excluding hydrogens is 242 g/mol. The zero-order valence-electron chi connectivity index (χ0n) is 10.8. The van der Waals surface area contributed by atoms with Crippen molar-refractivity contribution in [1.29, 1.82) is 0 Å². The lowest BCUT2D eigenvalue weighted by Gasteiger charge is -2.06. The fourth-order valence-corrected chi connectivity index (χ4v) is 3.02. The van der Waals surface area contributed by atoms with Gasteiger partial charge >= 0.3 is 0 Å². The van der Waals surface area contributed by atoms with Crippen molar-refractivity contribution >= 4 is 11.3 Å². The van der Waals surface area contributed by atoms with Gasteiger partial charge in [-0.1, -0.05) is 6.92 Å². The molecule has 0 saturated heterocycles. The fourth-order valence-electron chi connectivity index (χ4n) is 1.92. The van der Waals surface area contributed by atoms with Gasteiger partial charge in [0.1, 0.15) is 5.75 Å². The maximum absolute atomic E-state index is 5.61. The predicted molar refractivity (Wildman–Crippen MR) is 78.4 cm³/mol. The third-order valence-corrected chi connectivity index (χ3v) is 4.45. The van der Waals surface area contributed by atoms with Gasteiger partial charge in [0.05, 0.1) is 7.11 Å². The Balaban J connectivity index is 2.18. The molecule has 0 amide bonds. The minimum absolute atomic E-state index is 0.548. The first-order valence-corrected chi connectivity index (χ1v) is 7.00. The Hall–Kier alpha value is -1.32. The topological polar surface area (TPSA) is 35.2 Å². The summed E-state index contributed by atoms with van der Waals surface area (Å²) in [4.78, 5) is 2.71. The molecule has 0 bridgehead atoms. The molecular formula is C15H19NOS. The van der Waals surface area contributed by atoms with Crippen LogP contribution in [0.4, 0.5) is 0 Å². The number of rotatable bonds is 5. The number of thiophene rings is 1. The average molecular weight is 261 g/mol. The van der Waals surface area contributed by atoms with Crippen molar-refractivity contribution in [2.45, 2.75) is 19.3 Å². The number of nitrogens with two attached hydrogens (primary N) is 1. The lowest BCUT2D eigenvalue weighted by molar-refractivity contribution is 0.415. The van der Waals surface area contributed by atoms with E-state index in [4.69, 9.17) is 10.5 Å². The van der Waals surface area contributed by atoms with E-state index in [9.17, 15) is 0 Å². The van der Waals surface area contributed by atoms with Gasteiger partial charge in [0.2, 0.25) is 0 Å². The third kappa shape index (κ3) is 2.92. The Labute approximate surface area is 112 Å². The van der Waals surface area contributed by atoms with Crippen LogP contribution in [-0.4, -0.2) is 13.7 Å². The SMILES string of the molecule is COc1ccc(-c2ccc(C(C)CCN)s2)cc1. The molecule has 0 fully saturated rings. The molecule has 3 heteroatoms. The summed E-state index contributed by atoms with van der Waals surface area (Å²) < 4.78 is 5.17. The number of methoxy groups -OCH3 is 1. The first-order chi connectivity index (χ1) is 8.74. The van der Waals surface area contributed by atoms with E-state index in [1.165, 1.54) is 15.3 Å². The fraction of sp³-hybridized carbons (Fsp3) is 0.333. The van der Waals surface area contributed by atoms with Crippen LogP contribution in [0.2, 0.25) is 0 Å². The summed E-state index contributed by atoms with van der Waals surface area (Å²) in [5, 5.41) is 0. The van der Waals surface area contributed by atoms with Crippen molar-refractivity contribution in [2.24, 2.45) is 5.73 Å². The van der Waals surface area contributed by atoms with Gasteiger partial charge in [0.25, 0.3) is 0 Å². The van der Waals surface area contributed by atoms with E-state index in [1.807, 2.05) is 23.5 Å². The van der Waals surface area contributed by atoms with E-state index < -0.39 is 0 Å². The second-order valence-electron chi connectivity index (χ2n) is 4.41. The van der Waals surface area contributed by atoms with E-state index in [0.717, 1.165) is 18.7 Å². The quantitative estimate of drug-likeness (QED) is 0.886. The minimum Gasteiger partial charge on any atom is -0.497 e. The molecule has 2 rings (SSSR count). The van der Waals surface area contributed by atoms with Gasteiger partial charge in [-0.15, -0.1) is 11.3 Å². The Morgan fingerprint density at radius 2 is 1.89 bits per heavy atom. The van der Waals surface area contributed by atoms with E-state index >= 15 is 0 Å². The predicted octanol–water partition coefficient (Wildman–Crippen LogP) is 3.88. The Bertz CT molecular complexity index is 489. The normalized spacial score (nSPS) is 12.4. The molecule has 2 aromatic rings. The standard InChI is InChI=1S/C15H19NOS/c1-11(9-10-16)14-7-8-15(18-14)12-3-5-13(17-2)6-4-12/h3-8,11H,9-10,16H2,1-2H3. The van der Waals surface area contributed by atoms with E-state index in [0.29, 0.717) is 5.92 Å². The van der Waals surface area contributed by atoms with E-state index in [-0.39, 0.29) is 0 Å². The molecule has 0 spiro atoms. The van der Waals surface area contributed by atoms with Crippen molar-refractivity contribution in [3.05, 3.63) is 41.3 Å². The van der Waals surface area contributed by atoms with Crippen molar-refractivity contribution in [2.75, 3.05) is 13.7 Å². The Kier molecular flexibility index (Phi) is 4.39. The molecule has 2 N–H and O–H groups in total. The highest BCUT2D eigenvalue weighted by Crippen LogP contribution is 2.33. The monoisotopic (exact) mass is 261 g/mol. The summed E-state index contributed by atoms with van der Waals surface area (Å²) in [7, 11) is 1.69. The Morgan fingerprint density at radius 3 is 2.50 bits per heavy atom. The minimum atomic E-state index is 0.548. The molecule has 0 aliphatic rings. The van der Waals surface area contributed by atoms with Crippen molar-refractivity contribution in [1.82, 2.24) is 0 Å². The van der Waals surface area contributed by atoms with Crippen molar-refractivity contribution in [3.8, 4) is 16.2 Å². The number of ether oxygens (including phenoxy) is 1. The van der Waals surface area contributed by atoms with Crippen LogP contribution in [0.3, 0.4) is 0 Å². The highest BCUT2D eigenvalue weighted by atomic mass is 32.1. The first kappa shape index (κ1) is 13.1. The zero-order valence-corrected chi connectivity index (χ0v) is 11.7. The van der Waals surface area contributed by atoms with Crippen molar-refractivity contribution in [3.63, 3.8) is 0 Å². The summed E-state index contributed by atoms with van der Waals surface area (Å²) in [6.07, 6.45) is 1.04.